The largest absolute Gasteiger partial charge is 0.409 e. The second-order valence-electron chi connectivity index (χ2n) is 5.79. The standard InChI is InChI=1S/C13H24N4O2/c1-2-9-5-7-13(8-6-9,11(14)17-19)16-12(18)15-10-3-4-10/h9-10,19H,2-8H2,1H3,(H2,14,17)(H2,15,16,18). The van der Waals surface area contributed by atoms with Gasteiger partial charge in [-0.1, -0.05) is 18.5 Å². The molecule has 0 heterocycles. The maximum atomic E-state index is 11.9. The Morgan fingerprint density at radius 2 is 2.00 bits per heavy atom. The van der Waals surface area contributed by atoms with Crippen LogP contribution in [-0.4, -0.2) is 28.7 Å². The monoisotopic (exact) mass is 268 g/mol. The van der Waals surface area contributed by atoms with Gasteiger partial charge >= 0.3 is 6.03 Å². The first kappa shape index (κ1) is 14.0. The molecule has 0 radical (unpaired) electrons. The third-order valence-corrected chi connectivity index (χ3v) is 4.40. The van der Waals surface area contributed by atoms with E-state index in [1.165, 1.54) is 0 Å². The molecule has 0 bridgehead atoms. The topological polar surface area (TPSA) is 99.7 Å². The van der Waals surface area contributed by atoms with Crippen LogP contribution in [0.15, 0.2) is 5.16 Å². The molecule has 0 atom stereocenters. The number of amides is 2. The number of urea groups is 1. The summed E-state index contributed by atoms with van der Waals surface area (Å²) in [5.74, 6) is 0.793. The van der Waals surface area contributed by atoms with Crippen LogP contribution in [0.25, 0.3) is 0 Å². The first-order valence-electron chi connectivity index (χ1n) is 7.16. The highest BCUT2D eigenvalue weighted by Gasteiger charge is 2.41. The Balaban J connectivity index is 2.00. The number of carbonyl (C=O) groups is 1. The van der Waals surface area contributed by atoms with Gasteiger partial charge in [-0.05, 0) is 44.4 Å². The number of nitrogens with one attached hydrogen (secondary N) is 2. The van der Waals surface area contributed by atoms with Gasteiger partial charge in [0, 0.05) is 6.04 Å². The van der Waals surface area contributed by atoms with E-state index in [4.69, 9.17) is 10.9 Å². The van der Waals surface area contributed by atoms with E-state index in [9.17, 15) is 4.79 Å². The molecule has 6 heteroatoms. The summed E-state index contributed by atoms with van der Waals surface area (Å²) in [5, 5.41) is 17.9. The second kappa shape index (κ2) is 5.67. The first-order valence-corrected chi connectivity index (χ1v) is 7.16. The van der Waals surface area contributed by atoms with Crippen LogP contribution in [0, 0.1) is 5.92 Å². The number of hydrogen-bond acceptors (Lipinski definition) is 3. The summed E-state index contributed by atoms with van der Waals surface area (Å²) in [7, 11) is 0. The molecule has 2 saturated carbocycles. The fourth-order valence-corrected chi connectivity index (χ4v) is 2.79. The van der Waals surface area contributed by atoms with Crippen molar-refractivity contribution in [1.29, 1.82) is 0 Å². The van der Waals surface area contributed by atoms with Gasteiger partial charge in [0.05, 0.1) is 0 Å². The van der Waals surface area contributed by atoms with E-state index < -0.39 is 5.54 Å². The fraction of sp³-hybridized carbons (Fsp3) is 0.846. The van der Waals surface area contributed by atoms with Crippen LogP contribution in [0.1, 0.15) is 51.9 Å². The molecule has 0 aromatic heterocycles. The minimum absolute atomic E-state index is 0.119. The third kappa shape index (κ3) is 3.30. The Morgan fingerprint density at radius 3 is 2.47 bits per heavy atom. The lowest BCUT2D eigenvalue weighted by atomic mass is 9.75. The molecular formula is C13H24N4O2. The summed E-state index contributed by atoms with van der Waals surface area (Å²) in [6, 6.07) is 0.0976. The molecule has 0 saturated heterocycles. The molecule has 2 amide bonds. The van der Waals surface area contributed by atoms with Crippen LogP contribution in [0.2, 0.25) is 0 Å². The highest BCUT2D eigenvalue weighted by Crippen LogP contribution is 2.34. The van der Waals surface area contributed by atoms with Crippen LogP contribution < -0.4 is 16.4 Å². The van der Waals surface area contributed by atoms with Gasteiger partial charge in [-0.2, -0.15) is 0 Å². The van der Waals surface area contributed by atoms with Crippen LogP contribution in [0.4, 0.5) is 4.79 Å². The van der Waals surface area contributed by atoms with Gasteiger partial charge in [-0.3, -0.25) is 0 Å². The maximum Gasteiger partial charge on any atom is 0.315 e. The number of rotatable bonds is 4. The average molecular weight is 268 g/mol. The summed E-state index contributed by atoms with van der Waals surface area (Å²) >= 11 is 0. The van der Waals surface area contributed by atoms with E-state index in [2.05, 4.69) is 22.7 Å². The molecule has 0 aromatic rings. The van der Waals surface area contributed by atoms with Crippen molar-refractivity contribution in [3.05, 3.63) is 0 Å². The quantitative estimate of drug-likeness (QED) is 0.269. The lowest BCUT2D eigenvalue weighted by molar-refractivity contribution is 0.207. The molecular weight excluding hydrogens is 244 g/mol. The van der Waals surface area contributed by atoms with E-state index in [0.29, 0.717) is 12.0 Å². The van der Waals surface area contributed by atoms with Gasteiger partial charge < -0.3 is 21.6 Å². The third-order valence-electron chi connectivity index (χ3n) is 4.40. The number of nitrogens with zero attached hydrogens (tertiary/aromatic N) is 1. The summed E-state index contributed by atoms with van der Waals surface area (Å²) in [6.45, 7) is 2.17. The van der Waals surface area contributed by atoms with Crippen LogP contribution in [0.3, 0.4) is 0 Å². The van der Waals surface area contributed by atoms with Crippen molar-refractivity contribution < 1.29 is 10.0 Å². The Morgan fingerprint density at radius 1 is 1.37 bits per heavy atom. The molecule has 5 N–H and O–H groups in total. The van der Waals surface area contributed by atoms with Crippen molar-refractivity contribution in [3.63, 3.8) is 0 Å². The van der Waals surface area contributed by atoms with E-state index in [1.807, 2.05) is 0 Å². The lowest BCUT2D eigenvalue weighted by Crippen LogP contribution is -2.61. The van der Waals surface area contributed by atoms with Gasteiger partial charge in [0.25, 0.3) is 0 Å². The fourth-order valence-electron chi connectivity index (χ4n) is 2.79. The van der Waals surface area contributed by atoms with Gasteiger partial charge in [-0.25, -0.2) is 4.79 Å². The van der Waals surface area contributed by atoms with Crippen molar-refractivity contribution in [3.8, 4) is 0 Å². The van der Waals surface area contributed by atoms with E-state index in [0.717, 1.165) is 44.9 Å². The normalized spacial score (nSPS) is 31.8. The molecule has 2 fully saturated rings. The summed E-state index contributed by atoms with van der Waals surface area (Å²) in [6.07, 6.45) is 6.69. The minimum atomic E-state index is -0.681. The van der Waals surface area contributed by atoms with Gasteiger partial charge in [0.2, 0.25) is 0 Å². The smallest absolute Gasteiger partial charge is 0.315 e. The zero-order valence-corrected chi connectivity index (χ0v) is 11.5. The van der Waals surface area contributed by atoms with Crippen molar-refractivity contribution in [2.45, 2.75) is 63.5 Å². The Labute approximate surface area is 113 Å². The highest BCUT2D eigenvalue weighted by atomic mass is 16.4. The predicted octanol–water partition coefficient (Wildman–Crippen LogP) is 1.53. The zero-order valence-electron chi connectivity index (χ0n) is 11.5. The molecule has 0 unspecified atom stereocenters. The Kier molecular flexibility index (Phi) is 4.17. The van der Waals surface area contributed by atoms with E-state index in [-0.39, 0.29) is 11.9 Å². The minimum Gasteiger partial charge on any atom is -0.409 e. The van der Waals surface area contributed by atoms with Crippen molar-refractivity contribution in [2.75, 3.05) is 0 Å². The second-order valence-corrected chi connectivity index (χ2v) is 5.79. The molecule has 19 heavy (non-hydrogen) atoms. The van der Waals surface area contributed by atoms with Crippen LogP contribution >= 0.6 is 0 Å². The van der Waals surface area contributed by atoms with Crippen molar-refractivity contribution in [1.82, 2.24) is 10.6 Å². The molecule has 2 aliphatic carbocycles. The van der Waals surface area contributed by atoms with Gasteiger partial charge in [-0.15, -0.1) is 0 Å². The number of hydrogen-bond donors (Lipinski definition) is 4. The first-order chi connectivity index (χ1) is 9.09. The molecule has 0 aliphatic heterocycles. The number of amidine groups is 1. The SMILES string of the molecule is CCC1CCC(NC(=O)NC2CC2)(C(N)=NO)CC1. The predicted molar refractivity (Wildman–Crippen MR) is 73.1 cm³/mol. The molecule has 0 spiro atoms. The zero-order chi connectivity index (χ0) is 13.9. The summed E-state index contributed by atoms with van der Waals surface area (Å²) in [5.41, 5.74) is 5.14. The number of nitrogens with two attached hydrogens (primary N) is 1. The number of carbonyl (C=O) groups excluding carboxylic acids is 1. The molecule has 0 aromatic carbocycles. The highest BCUT2D eigenvalue weighted by molar-refractivity contribution is 5.93. The Bertz CT molecular complexity index is 358. The maximum absolute atomic E-state index is 11.9. The molecule has 6 nitrogen and oxygen atoms in total. The molecule has 2 rings (SSSR count). The van der Waals surface area contributed by atoms with Crippen molar-refractivity contribution in [2.24, 2.45) is 16.8 Å². The number of oxime groups is 1. The van der Waals surface area contributed by atoms with Crippen LogP contribution in [0.5, 0.6) is 0 Å². The molecule has 2 aliphatic rings. The summed E-state index contributed by atoms with van der Waals surface area (Å²) < 4.78 is 0. The Hall–Kier alpha value is -1.46. The van der Waals surface area contributed by atoms with Gasteiger partial charge in [0.15, 0.2) is 5.84 Å². The van der Waals surface area contributed by atoms with Gasteiger partial charge in [0.1, 0.15) is 5.54 Å². The average Bonchev–Trinajstić information content (AvgIpc) is 3.22. The van der Waals surface area contributed by atoms with Crippen LogP contribution in [-0.2, 0) is 0 Å². The van der Waals surface area contributed by atoms with E-state index >= 15 is 0 Å². The van der Waals surface area contributed by atoms with E-state index in [1.54, 1.807) is 0 Å². The summed E-state index contributed by atoms with van der Waals surface area (Å²) in [4.78, 5) is 11.9. The van der Waals surface area contributed by atoms with Crippen molar-refractivity contribution >= 4 is 11.9 Å². The lowest BCUT2D eigenvalue weighted by Gasteiger charge is -2.39. The molecule has 108 valence electrons.